The highest BCUT2D eigenvalue weighted by Gasteiger charge is 2.16. The van der Waals surface area contributed by atoms with E-state index in [1.807, 2.05) is 30.3 Å². The van der Waals surface area contributed by atoms with Gasteiger partial charge in [-0.25, -0.2) is 8.42 Å². The molecular weight excluding hydrogens is 258 g/mol. The molecule has 88 valence electrons. The van der Waals surface area contributed by atoms with E-state index in [1.54, 1.807) is 0 Å². The Bertz CT molecular complexity index is 639. The van der Waals surface area contributed by atoms with Crippen molar-refractivity contribution in [3.63, 3.8) is 0 Å². The molecule has 0 saturated carbocycles. The average molecular weight is 268 g/mol. The van der Waals surface area contributed by atoms with Crippen molar-refractivity contribution in [1.82, 2.24) is 4.98 Å². The van der Waals surface area contributed by atoms with E-state index in [4.69, 9.17) is 11.6 Å². The summed E-state index contributed by atoms with van der Waals surface area (Å²) in [5, 5.41) is 0.310. The Kier molecular flexibility index (Phi) is 3.17. The zero-order valence-electron chi connectivity index (χ0n) is 9.09. The maximum Gasteiger partial charge on any atom is 0.177 e. The van der Waals surface area contributed by atoms with Crippen molar-refractivity contribution < 1.29 is 8.42 Å². The molecule has 1 aromatic carbocycles. The normalized spacial score (nSPS) is 11.4. The smallest absolute Gasteiger partial charge is 0.177 e. The maximum atomic E-state index is 11.7. The molecule has 3 nitrogen and oxygen atoms in total. The van der Waals surface area contributed by atoms with Gasteiger partial charge in [-0.15, -0.1) is 0 Å². The molecule has 2 aromatic rings. The van der Waals surface area contributed by atoms with Crippen molar-refractivity contribution in [1.29, 1.82) is 0 Å². The fraction of sp³-hybridized carbons (Fsp3) is 0.0833. The van der Waals surface area contributed by atoms with Gasteiger partial charge in [-0.2, -0.15) is 0 Å². The van der Waals surface area contributed by atoms with Crippen LogP contribution in [-0.4, -0.2) is 19.7 Å². The lowest BCUT2D eigenvalue weighted by atomic mass is 10.1. The molecule has 17 heavy (non-hydrogen) atoms. The van der Waals surface area contributed by atoms with Crippen LogP contribution in [0.3, 0.4) is 0 Å². The first-order valence-corrected chi connectivity index (χ1v) is 7.16. The summed E-state index contributed by atoms with van der Waals surface area (Å²) in [6.45, 7) is 0. The SMILES string of the molecule is CS(=O)(=O)c1cc(Cl)cnc1-c1ccccc1. The average Bonchev–Trinajstić information content (AvgIpc) is 2.29. The maximum absolute atomic E-state index is 11.7. The van der Waals surface area contributed by atoms with Gasteiger partial charge in [-0.3, -0.25) is 4.98 Å². The van der Waals surface area contributed by atoms with Gasteiger partial charge in [0.05, 0.1) is 15.6 Å². The summed E-state index contributed by atoms with van der Waals surface area (Å²) in [4.78, 5) is 4.25. The minimum Gasteiger partial charge on any atom is -0.253 e. The third-order valence-electron chi connectivity index (χ3n) is 2.27. The molecule has 5 heteroatoms. The molecule has 1 aromatic heterocycles. The van der Waals surface area contributed by atoms with Gasteiger partial charge in [0.1, 0.15) is 0 Å². The summed E-state index contributed by atoms with van der Waals surface area (Å²) in [6, 6.07) is 10.6. The molecule has 0 radical (unpaired) electrons. The van der Waals surface area contributed by atoms with E-state index in [-0.39, 0.29) is 4.90 Å². The quantitative estimate of drug-likeness (QED) is 0.841. The van der Waals surface area contributed by atoms with E-state index in [0.29, 0.717) is 10.7 Å². The van der Waals surface area contributed by atoms with Crippen LogP contribution in [0.5, 0.6) is 0 Å². The van der Waals surface area contributed by atoms with E-state index in [1.165, 1.54) is 12.3 Å². The predicted octanol–water partition coefficient (Wildman–Crippen LogP) is 2.81. The molecule has 0 unspecified atom stereocenters. The van der Waals surface area contributed by atoms with Crippen LogP contribution in [0.2, 0.25) is 5.02 Å². The first kappa shape index (κ1) is 12.1. The minimum absolute atomic E-state index is 0.149. The van der Waals surface area contributed by atoms with E-state index in [0.717, 1.165) is 11.8 Å². The number of pyridine rings is 1. The second kappa shape index (κ2) is 4.47. The van der Waals surface area contributed by atoms with Crippen LogP contribution in [0.15, 0.2) is 47.5 Å². The number of rotatable bonds is 2. The zero-order chi connectivity index (χ0) is 12.5. The van der Waals surface area contributed by atoms with Crippen LogP contribution in [-0.2, 0) is 9.84 Å². The summed E-state index contributed by atoms with van der Waals surface area (Å²) < 4.78 is 23.4. The van der Waals surface area contributed by atoms with Crippen LogP contribution < -0.4 is 0 Å². The van der Waals surface area contributed by atoms with Crippen LogP contribution in [0.1, 0.15) is 0 Å². The number of benzene rings is 1. The second-order valence-electron chi connectivity index (χ2n) is 3.64. The lowest BCUT2D eigenvalue weighted by Gasteiger charge is -2.07. The Balaban J connectivity index is 2.71. The summed E-state index contributed by atoms with van der Waals surface area (Å²) in [5.41, 5.74) is 1.18. The largest absolute Gasteiger partial charge is 0.253 e. The summed E-state index contributed by atoms with van der Waals surface area (Å²) in [6.07, 6.45) is 2.59. The first-order chi connectivity index (χ1) is 7.98. The van der Waals surface area contributed by atoms with Gasteiger partial charge in [-0.1, -0.05) is 41.9 Å². The van der Waals surface area contributed by atoms with Crippen molar-refractivity contribution in [3.05, 3.63) is 47.6 Å². The molecule has 0 amide bonds. The van der Waals surface area contributed by atoms with Crippen LogP contribution >= 0.6 is 11.6 Å². The Morgan fingerprint density at radius 3 is 2.41 bits per heavy atom. The molecule has 0 aliphatic heterocycles. The Hall–Kier alpha value is -1.39. The van der Waals surface area contributed by atoms with Crippen molar-refractivity contribution in [2.75, 3.05) is 6.26 Å². The standard InChI is InChI=1S/C12H10ClNO2S/c1-17(15,16)11-7-10(13)8-14-12(11)9-5-3-2-4-6-9/h2-8H,1H3. The molecule has 0 saturated heterocycles. The second-order valence-corrected chi connectivity index (χ2v) is 6.06. The molecule has 0 atom stereocenters. The van der Waals surface area contributed by atoms with E-state index < -0.39 is 9.84 Å². The molecule has 0 aliphatic rings. The monoisotopic (exact) mass is 267 g/mol. The zero-order valence-corrected chi connectivity index (χ0v) is 10.7. The predicted molar refractivity (Wildman–Crippen MR) is 67.8 cm³/mol. The van der Waals surface area contributed by atoms with Gasteiger partial charge in [0, 0.05) is 18.0 Å². The molecule has 0 bridgehead atoms. The minimum atomic E-state index is -3.35. The molecule has 1 heterocycles. The molecule has 0 aliphatic carbocycles. The number of aromatic nitrogens is 1. The van der Waals surface area contributed by atoms with Crippen LogP contribution in [0.4, 0.5) is 0 Å². The van der Waals surface area contributed by atoms with Gasteiger partial charge in [-0.05, 0) is 6.07 Å². The van der Waals surface area contributed by atoms with E-state index in [9.17, 15) is 8.42 Å². The molecule has 0 fully saturated rings. The highest BCUT2D eigenvalue weighted by molar-refractivity contribution is 7.90. The van der Waals surface area contributed by atoms with Crippen LogP contribution in [0.25, 0.3) is 11.3 Å². The van der Waals surface area contributed by atoms with E-state index >= 15 is 0 Å². The van der Waals surface area contributed by atoms with Gasteiger partial charge >= 0.3 is 0 Å². The first-order valence-electron chi connectivity index (χ1n) is 4.89. The number of hydrogen-bond acceptors (Lipinski definition) is 3. The number of nitrogens with zero attached hydrogens (tertiary/aromatic N) is 1. The summed E-state index contributed by atoms with van der Waals surface area (Å²) in [5.74, 6) is 0. The fourth-order valence-electron chi connectivity index (χ4n) is 1.52. The number of sulfone groups is 1. The van der Waals surface area contributed by atoms with Gasteiger partial charge < -0.3 is 0 Å². The lowest BCUT2D eigenvalue weighted by Crippen LogP contribution is -2.01. The Labute approximate surface area is 105 Å². The molecule has 0 spiro atoms. The third kappa shape index (κ3) is 2.65. The highest BCUT2D eigenvalue weighted by atomic mass is 35.5. The number of halogens is 1. The van der Waals surface area contributed by atoms with Crippen LogP contribution in [0, 0.1) is 0 Å². The van der Waals surface area contributed by atoms with Crippen molar-refractivity contribution >= 4 is 21.4 Å². The third-order valence-corrected chi connectivity index (χ3v) is 3.58. The Morgan fingerprint density at radius 2 is 1.82 bits per heavy atom. The van der Waals surface area contributed by atoms with Crippen molar-refractivity contribution in [3.8, 4) is 11.3 Å². The van der Waals surface area contributed by atoms with Gasteiger partial charge in [0.2, 0.25) is 0 Å². The number of hydrogen-bond donors (Lipinski definition) is 0. The van der Waals surface area contributed by atoms with Crippen molar-refractivity contribution in [2.45, 2.75) is 4.90 Å². The van der Waals surface area contributed by atoms with Gasteiger partial charge in [0.25, 0.3) is 0 Å². The molecule has 2 rings (SSSR count). The highest BCUT2D eigenvalue weighted by Crippen LogP contribution is 2.27. The Morgan fingerprint density at radius 1 is 1.18 bits per heavy atom. The topological polar surface area (TPSA) is 47.0 Å². The molecular formula is C12H10ClNO2S. The van der Waals surface area contributed by atoms with E-state index in [2.05, 4.69) is 4.98 Å². The lowest BCUT2D eigenvalue weighted by molar-refractivity contribution is 0.602. The molecule has 0 N–H and O–H groups in total. The van der Waals surface area contributed by atoms with Crippen molar-refractivity contribution in [2.24, 2.45) is 0 Å². The van der Waals surface area contributed by atoms with Gasteiger partial charge in [0.15, 0.2) is 9.84 Å². The summed E-state index contributed by atoms with van der Waals surface area (Å²) in [7, 11) is -3.35. The summed E-state index contributed by atoms with van der Waals surface area (Å²) >= 11 is 5.78. The fourth-order valence-corrected chi connectivity index (χ4v) is 2.60.